The molecule has 0 spiro atoms. The summed E-state index contributed by atoms with van der Waals surface area (Å²) in [7, 11) is 0. The maximum atomic E-state index is 12.7. The number of aromatic amines is 1. The van der Waals surface area contributed by atoms with E-state index in [-0.39, 0.29) is 17.1 Å². The number of nitrogens with two attached hydrogens (primary N) is 1. The number of aromatic nitrogens is 2. The lowest BCUT2D eigenvalue weighted by Gasteiger charge is -2.02. The number of benzene rings is 1. The fourth-order valence-electron chi connectivity index (χ4n) is 1.27. The molecule has 0 unspecified atom stereocenters. The molecule has 7 heteroatoms. The van der Waals surface area contributed by atoms with E-state index in [4.69, 9.17) is 10.5 Å². The standard InChI is InChI=1S/C11H8FN3O3/c12-7-3-1-6(2-4-7)11(17)18-10-8(9(13)16)14-5-15-10/h1-5H,(H2,13,16)(H,14,15). The van der Waals surface area contributed by atoms with E-state index >= 15 is 0 Å². The molecule has 18 heavy (non-hydrogen) atoms. The van der Waals surface area contributed by atoms with Gasteiger partial charge in [-0.1, -0.05) is 0 Å². The number of nitrogens with zero attached hydrogens (tertiary/aromatic N) is 1. The first-order chi connectivity index (χ1) is 8.58. The van der Waals surface area contributed by atoms with Crippen LogP contribution in [0.4, 0.5) is 4.39 Å². The Morgan fingerprint density at radius 2 is 1.94 bits per heavy atom. The van der Waals surface area contributed by atoms with Crippen LogP contribution in [0.1, 0.15) is 20.8 Å². The largest absolute Gasteiger partial charge is 0.401 e. The predicted octanol–water partition coefficient (Wildman–Crippen LogP) is 0.867. The van der Waals surface area contributed by atoms with Crippen LogP contribution >= 0.6 is 0 Å². The third-order valence-electron chi connectivity index (χ3n) is 2.12. The van der Waals surface area contributed by atoms with E-state index < -0.39 is 17.7 Å². The summed E-state index contributed by atoms with van der Waals surface area (Å²) >= 11 is 0. The molecule has 2 rings (SSSR count). The summed E-state index contributed by atoms with van der Waals surface area (Å²) in [6.45, 7) is 0. The Labute approximate surface area is 101 Å². The van der Waals surface area contributed by atoms with Crippen molar-refractivity contribution in [3.05, 3.63) is 47.7 Å². The number of ether oxygens (including phenoxy) is 1. The highest BCUT2D eigenvalue weighted by Gasteiger charge is 2.17. The van der Waals surface area contributed by atoms with E-state index in [1.807, 2.05) is 0 Å². The molecule has 0 bridgehead atoms. The van der Waals surface area contributed by atoms with Gasteiger partial charge < -0.3 is 15.5 Å². The van der Waals surface area contributed by atoms with Gasteiger partial charge in [0.25, 0.3) is 11.8 Å². The smallest absolute Gasteiger partial charge is 0.344 e. The zero-order chi connectivity index (χ0) is 13.1. The second-order valence-corrected chi connectivity index (χ2v) is 3.34. The summed E-state index contributed by atoms with van der Waals surface area (Å²) in [6, 6.07) is 4.76. The van der Waals surface area contributed by atoms with Gasteiger partial charge in [0.1, 0.15) is 5.82 Å². The monoisotopic (exact) mass is 249 g/mol. The number of hydrogen-bond donors (Lipinski definition) is 2. The van der Waals surface area contributed by atoms with E-state index in [1.54, 1.807) is 0 Å². The number of amides is 1. The van der Waals surface area contributed by atoms with Crippen LogP contribution < -0.4 is 10.5 Å². The van der Waals surface area contributed by atoms with Crippen molar-refractivity contribution in [1.82, 2.24) is 9.97 Å². The number of halogens is 1. The van der Waals surface area contributed by atoms with Gasteiger partial charge >= 0.3 is 5.97 Å². The minimum absolute atomic E-state index is 0.106. The van der Waals surface area contributed by atoms with Crippen LogP contribution in [0, 0.1) is 5.82 Å². The quantitative estimate of drug-likeness (QED) is 0.788. The lowest BCUT2D eigenvalue weighted by Crippen LogP contribution is -2.16. The molecule has 1 heterocycles. The van der Waals surface area contributed by atoms with Crippen LogP contribution in [0.5, 0.6) is 5.88 Å². The van der Waals surface area contributed by atoms with Crippen molar-refractivity contribution >= 4 is 11.9 Å². The van der Waals surface area contributed by atoms with Crippen molar-refractivity contribution in [3.63, 3.8) is 0 Å². The Hall–Kier alpha value is -2.70. The molecule has 3 N–H and O–H groups in total. The summed E-state index contributed by atoms with van der Waals surface area (Å²) in [4.78, 5) is 28.7. The highest BCUT2D eigenvalue weighted by Crippen LogP contribution is 2.14. The second kappa shape index (κ2) is 4.66. The maximum Gasteiger partial charge on any atom is 0.344 e. The van der Waals surface area contributed by atoms with Crippen molar-refractivity contribution in [2.75, 3.05) is 0 Å². The molecule has 1 aromatic heterocycles. The fraction of sp³-hybridized carbons (Fsp3) is 0. The van der Waals surface area contributed by atoms with Gasteiger partial charge in [-0.15, -0.1) is 0 Å². The maximum absolute atomic E-state index is 12.7. The van der Waals surface area contributed by atoms with Crippen LogP contribution in [0.15, 0.2) is 30.6 Å². The summed E-state index contributed by atoms with van der Waals surface area (Å²) in [5, 5.41) is 0. The van der Waals surface area contributed by atoms with Gasteiger partial charge in [-0.25, -0.2) is 14.2 Å². The Balaban J connectivity index is 2.19. The summed E-state index contributed by atoms with van der Waals surface area (Å²) < 4.78 is 17.5. The van der Waals surface area contributed by atoms with E-state index in [0.717, 1.165) is 12.1 Å². The minimum atomic E-state index is -0.797. The fourth-order valence-corrected chi connectivity index (χ4v) is 1.27. The zero-order valence-corrected chi connectivity index (χ0v) is 9.01. The van der Waals surface area contributed by atoms with Gasteiger partial charge in [0.05, 0.1) is 11.9 Å². The Morgan fingerprint density at radius 1 is 1.28 bits per heavy atom. The van der Waals surface area contributed by atoms with E-state index in [9.17, 15) is 14.0 Å². The average molecular weight is 249 g/mol. The first-order valence-corrected chi connectivity index (χ1v) is 4.89. The molecular weight excluding hydrogens is 241 g/mol. The van der Waals surface area contributed by atoms with Gasteiger partial charge in [-0.05, 0) is 24.3 Å². The van der Waals surface area contributed by atoms with Crippen LogP contribution in [0.2, 0.25) is 0 Å². The first-order valence-electron chi connectivity index (χ1n) is 4.89. The average Bonchev–Trinajstić information content (AvgIpc) is 2.78. The molecule has 0 aliphatic rings. The molecule has 0 fully saturated rings. The molecule has 0 aliphatic heterocycles. The van der Waals surface area contributed by atoms with E-state index in [1.165, 1.54) is 18.5 Å². The molecular formula is C11H8FN3O3. The predicted molar refractivity (Wildman–Crippen MR) is 58.5 cm³/mol. The van der Waals surface area contributed by atoms with Gasteiger partial charge in [0.2, 0.25) is 0 Å². The van der Waals surface area contributed by atoms with Crippen LogP contribution in [0.25, 0.3) is 0 Å². The number of carbonyl (C=O) groups is 2. The number of H-pyrrole nitrogens is 1. The van der Waals surface area contributed by atoms with Crippen LogP contribution in [-0.4, -0.2) is 21.8 Å². The third-order valence-corrected chi connectivity index (χ3v) is 2.12. The molecule has 1 aromatic carbocycles. The third kappa shape index (κ3) is 2.34. The van der Waals surface area contributed by atoms with E-state index in [2.05, 4.69) is 9.97 Å². The molecule has 0 radical (unpaired) electrons. The highest BCUT2D eigenvalue weighted by atomic mass is 19.1. The topological polar surface area (TPSA) is 98.1 Å². The Kier molecular flexibility index (Phi) is 3.05. The lowest BCUT2D eigenvalue weighted by molar-refractivity contribution is 0.0726. The van der Waals surface area contributed by atoms with Crippen LogP contribution in [0.3, 0.4) is 0 Å². The number of rotatable bonds is 3. The molecule has 0 saturated carbocycles. The normalized spacial score (nSPS) is 10.1. The van der Waals surface area contributed by atoms with Crippen LogP contribution in [-0.2, 0) is 0 Å². The molecule has 2 aromatic rings. The molecule has 0 saturated heterocycles. The van der Waals surface area contributed by atoms with Crippen molar-refractivity contribution in [1.29, 1.82) is 0 Å². The van der Waals surface area contributed by atoms with Crippen molar-refractivity contribution in [2.45, 2.75) is 0 Å². The molecule has 1 amide bonds. The number of hydrogen-bond acceptors (Lipinski definition) is 4. The molecule has 0 aliphatic carbocycles. The summed E-state index contributed by atoms with van der Waals surface area (Å²) in [6.07, 6.45) is 1.17. The number of imidazole rings is 1. The van der Waals surface area contributed by atoms with Gasteiger partial charge in [0, 0.05) is 0 Å². The minimum Gasteiger partial charge on any atom is -0.401 e. The first kappa shape index (κ1) is 11.8. The number of primary amides is 1. The molecule has 0 atom stereocenters. The van der Waals surface area contributed by atoms with Gasteiger partial charge in [-0.3, -0.25) is 4.79 Å². The SMILES string of the molecule is NC(=O)c1[nH]cnc1OC(=O)c1ccc(F)cc1. The van der Waals surface area contributed by atoms with Crippen molar-refractivity contribution in [2.24, 2.45) is 5.73 Å². The van der Waals surface area contributed by atoms with Crippen molar-refractivity contribution in [3.8, 4) is 5.88 Å². The lowest BCUT2D eigenvalue weighted by atomic mass is 10.2. The number of carbonyl (C=O) groups excluding carboxylic acids is 2. The Morgan fingerprint density at radius 3 is 2.56 bits per heavy atom. The van der Waals surface area contributed by atoms with Gasteiger partial charge in [-0.2, -0.15) is 0 Å². The van der Waals surface area contributed by atoms with Crippen molar-refractivity contribution < 1.29 is 18.7 Å². The van der Waals surface area contributed by atoms with Gasteiger partial charge in [0.15, 0.2) is 5.69 Å². The summed E-state index contributed by atoms with van der Waals surface area (Å²) in [5.41, 5.74) is 5.07. The Bertz CT molecular complexity index is 592. The number of nitrogens with one attached hydrogen (secondary N) is 1. The molecule has 6 nitrogen and oxygen atoms in total. The summed E-state index contributed by atoms with van der Waals surface area (Å²) in [5.74, 6) is -2.24. The highest BCUT2D eigenvalue weighted by molar-refractivity contribution is 5.96. The van der Waals surface area contributed by atoms with E-state index in [0.29, 0.717) is 0 Å². The number of esters is 1. The second-order valence-electron chi connectivity index (χ2n) is 3.34. The molecule has 92 valence electrons. The zero-order valence-electron chi connectivity index (χ0n) is 9.01.